The van der Waals surface area contributed by atoms with Crippen molar-refractivity contribution in [3.8, 4) is 0 Å². The van der Waals surface area contributed by atoms with E-state index in [9.17, 15) is 19.0 Å². The van der Waals surface area contributed by atoms with Crippen LogP contribution < -0.4 is 0 Å². The van der Waals surface area contributed by atoms with E-state index in [2.05, 4.69) is 62.5 Å². The Bertz CT molecular complexity index is 1080. The molecule has 0 aromatic rings. The number of hydrogen-bond donors (Lipinski definition) is 1. The lowest BCUT2D eigenvalue weighted by Gasteiger charge is -2.24. The van der Waals surface area contributed by atoms with Crippen molar-refractivity contribution in [2.45, 2.75) is 180 Å². The molecule has 0 bridgehead atoms. The predicted octanol–water partition coefficient (Wildman–Crippen LogP) is 12.3. The summed E-state index contributed by atoms with van der Waals surface area (Å²) in [6, 6.07) is 0. The molecule has 0 amide bonds. The Morgan fingerprint density at radius 2 is 1.04 bits per heavy atom. The molecule has 2 atom stereocenters. The van der Waals surface area contributed by atoms with Gasteiger partial charge in [0.25, 0.3) is 0 Å². The van der Waals surface area contributed by atoms with Crippen molar-refractivity contribution in [1.82, 2.24) is 0 Å². The number of phosphoric acid groups is 1. The molecule has 0 aliphatic heterocycles. The molecule has 0 aromatic heterocycles. The number of nitrogens with zero attached hydrogens (tertiary/aromatic N) is 1. The van der Waals surface area contributed by atoms with E-state index in [4.69, 9.17) is 18.5 Å². The van der Waals surface area contributed by atoms with E-state index >= 15 is 0 Å². The van der Waals surface area contributed by atoms with E-state index in [1.807, 2.05) is 21.1 Å². The van der Waals surface area contributed by atoms with E-state index in [-0.39, 0.29) is 32.0 Å². The van der Waals surface area contributed by atoms with Crippen LogP contribution in [0.1, 0.15) is 174 Å². The van der Waals surface area contributed by atoms with Gasteiger partial charge in [-0.15, -0.1) is 0 Å². The van der Waals surface area contributed by atoms with Crippen molar-refractivity contribution < 1.29 is 42.1 Å². The summed E-state index contributed by atoms with van der Waals surface area (Å²) in [5.41, 5.74) is 0. The number of carbonyl (C=O) groups excluding carboxylic acids is 2. The van der Waals surface area contributed by atoms with Crippen LogP contribution in [0.3, 0.4) is 0 Å². The molecule has 320 valence electrons. The maximum absolute atomic E-state index is 12.7. The minimum Gasteiger partial charge on any atom is -0.462 e. The molecule has 1 N–H and O–H groups in total. The number of likely N-dealkylation sites (N-methyl/N-ethyl adjacent to an activating group) is 1. The number of allylic oxidation sites excluding steroid dienone is 8. The van der Waals surface area contributed by atoms with Crippen LogP contribution in [-0.4, -0.2) is 74.9 Å². The van der Waals surface area contributed by atoms with Crippen LogP contribution in [0.5, 0.6) is 0 Å². The number of esters is 2. The van der Waals surface area contributed by atoms with Gasteiger partial charge < -0.3 is 18.9 Å². The van der Waals surface area contributed by atoms with Crippen molar-refractivity contribution in [1.29, 1.82) is 0 Å². The number of unbranched alkanes of at least 4 members (excludes halogenated alkanes) is 17. The standard InChI is InChI=1S/C45H82NO8P/c1-6-8-10-12-14-16-18-20-22-24-25-27-29-31-33-35-37-44(47)51-41-43(42-53-55(49,50)52-40-39-46(3,4)5)54-45(48)38-36-34-32-30-28-26-23-21-19-17-15-13-11-9-7-2/h9,11,15,17,21,23,28,30,43H,6-8,10,12-14,16,18-20,22,24-27,29,31-42H2,1-5H3/p+1/b11-9-,17-15-,23-21-,30-28-/t43-/m1/s1. The lowest BCUT2D eigenvalue weighted by atomic mass is 10.0. The highest BCUT2D eigenvalue weighted by Crippen LogP contribution is 2.43. The summed E-state index contributed by atoms with van der Waals surface area (Å²) < 4.78 is 34.2. The van der Waals surface area contributed by atoms with Crippen LogP contribution in [0.25, 0.3) is 0 Å². The molecule has 55 heavy (non-hydrogen) atoms. The van der Waals surface area contributed by atoms with Crippen LogP contribution in [0, 0.1) is 0 Å². The Morgan fingerprint density at radius 3 is 1.55 bits per heavy atom. The summed E-state index contributed by atoms with van der Waals surface area (Å²) in [5, 5.41) is 0. The van der Waals surface area contributed by atoms with Gasteiger partial charge in [-0.1, -0.05) is 159 Å². The lowest BCUT2D eigenvalue weighted by molar-refractivity contribution is -0.870. The van der Waals surface area contributed by atoms with Crippen molar-refractivity contribution in [2.24, 2.45) is 0 Å². The number of ether oxygens (including phenoxy) is 2. The number of phosphoric ester groups is 1. The molecular formula is C45H83NO8P+. The van der Waals surface area contributed by atoms with Crippen molar-refractivity contribution >= 4 is 19.8 Å². The van der Waals surface area contributed by atoms with Gasteiger partial charge >= 0.3 is 19.8 Å². The van der Waals surface area contributed by atoms with Crippen LogP contribution in [-0.2, 0) is 32.7 Å². The maximum Gasteiger partial charge on any atom is 0.472 e. The highest BCUT2D eigenvalue weighted by atomic mass is 31.2. The Balaban J connectivity index is 4.41. The monoisotopic (exact) mass is 797 g/mol. The average molecular weight is 797 g/mol. The fourth-order valence-electron chi connectivity index (χ4n) is 5.71. The minimum atomic E-state index is -4.38. The first-order valence-electron chi connectivity index (χ1n) is 21.9. The molecule has 0 heterocycles. The van der Waals surface area contributed by atoms with E-state index in [0.29, 0.717) is 17.4 Å². The number of hydrogen-bond acceptors (Lipinski definition) is 7. The van der Waals surface area contributed by atoms with Crippen LogP contribution in [0.2, 0.25) is 0 Å². The topological polar surface area (TPSA) is 108 Å². The van der Waals surface area contributed by atoms with E-state index in [1.54, 1.807) is 0 Å². The van der Waals surface area contributed by atoms with Crippen molar-refractivity contribution in [3.63, 3.8) is 0 Å². The van der Waals surface area contributed by atoms with Gasteiger partial charge in [0.15, 0.2) is 6.10 Å². The van der Waals surface area contributed by atoms with Gasteiger partial charge in [0.1, 0.15) is 19.8 Å². The highest BCUT2D eigenvalue weighted by molar-refractivity contribution is 7.47. The van der Waals surface area contributed by atoms with E-state index in [0.717, 1.165) is 57.8 Å². The summed E-state index contributed by atoms with van der Waals surface area (Å²) in [7, 11) is 1.45. The molecule has 0 saturated heterocycles. The molecule has 0 saturated carbocycles. The Kier molecular flexibility index (Phi) is 36.2. The molecule has 1 unspecified atom stereocenters. The fourth-order valence-corrected chi connectivity index (χ4v) is 6.45. The van der Waals surface area contributed by atoms with Gasteiger partial charge in [-0.05, 0) is 51.4 Å². The number of rotatable bonds is 39. The molecular weight excluding hydrogens is 713 g/mol. The second-order valence-corrected chi connectivity index (χ2v) is 17.2. The largest absolute Gasteiger partial charge is 0.472 e. The third kappa shape index (κ3) is 41.4. The van der Waals surface area contributed by atoms with Gasteiger partial charge in [-0.2, -0.15) is 0 Å². The summed E-state index contributed by atoms with van der Waals surface area (Å²) in [6.45, 7) is 4.26. The number of carbonyl (C=O) groups is 2. The summed E-state index contributed by atoms with van der Waals surface area (Å²) >= 11 is 0. The zero-order valence-electron chi connectivity index (χ0n) is 35.9. The zero-order chi connectivity index (χ0) is 40.7. The molecule has 0 fully saturated rings. The second-order valence-electron chi connectivity index (χ2n) is 15.7. The zero-order valence-corrected chi connectivity index (χ0v) is 36.8. The summed E-state index contributed by atoms with van der Waals surface area (Å²) in [4.78, 5) is 35.3. The van der Waals surface area contributed by atoms with Gasteiger partial charge in [0.2, 0.25) is 0 Å². The molecule has 0 aliphatic carbocycles. The summed E-state index contributed by atoms with van der Waals surface area (Å²) in [6.07, 6.45) is 43.0. The van der Waals surface area contributed by atoms with Crippen molar-refractivity contribution in [2.75, 3.05) is 47.5 Å². The molecule has 10 heteroatoms. The Labute approximate surface area is 337 Å². The minimum absolute atomic E-state index is 0.0231. The van der Waals surface area contributed by atoms with Crippen LogP contribution in [0.15, 0.2) is 48.6 Å². The maximum atomic E-state index is 12.7. The van der Waals surface area contributed by atoms with Gasteiger partial charge in [0.05, 0.1) is 27.7 Å². The third-order valence-corrected chi connectivity index (χ3v) is 10.1. The molecule has 0 radical (unpaired) electrons. The Hall–Kier alpha value is -2.03. The lowest BCUT2D eigenvalue weighted by Crippen LogP contribution is -2.37. The summed E-state index contributed by atoms with van der Waals surface area (Å²) in [5.74, 6) is -0.845. The first kappa shape index (κ1) is 53.0. The van der Waals surface area contributed by atoms with Crippen LogP contribution >= 0.6 is 7.82 Å². The normalized spacial score (nSPS) is 14.1. The van der Waals surface area contributed by atoms with E-state index in [1.165, 1.54) is 83.5 Å². The first-order chi connectivity index (χ1) is 26.5. The SMILES string of the molecule is CC/C=C\C/C=C\C/C=C\C/C=C\CCCCC(=O)O[C@H](COC(=O)CCCCCCCCCCCCCCCCCC)COP(=O)(O)OCC[N+](C)(C)C. The quantitative estimate of drug-likeness (QED) is 0.0215. The van der Waals surface area contributed by atoms with Gasteiger partial charge in [-0.25, -0.2) is 4.57 Å². The molecule has 9 nitrogen and oxygen atoms in total. The molecule has 0 aliphatic rings. The molecule has 0 aromatic carbocycles. The highest BCUT2D eigenvalue weighted by Gasteiger charge is 2.27. The second kappa shape index (κ2) is 37.5. The smallest absolute Gasteiger partial charge is 0.462 e. The van der Waals surface area contributed by atoms with Crippen LogP contribution in [0.4, 0.5) is 0 Å². The van der Waals surface area contributed by atoms with Gasteiger partial charge in [0, 0.05) is 12.8 Å². The van der Waals surface area contributed by atoms with E-state index < -0.39 is 26.5 Å². The fraction of sp³-hybridized carbons (Fsp3) is 0.778. The first-order valence-corrected chi connectivity index (χ1v) is 23.4. The predicted molar refractivity (Wildman–Crippen MR) is 229 cm³/mol. The molecule has 0 rings (SSSR count). The molecule has 0 spiro atoms. The van der Waals surface area contributed by atoms with Crippen molar-refractivity contribution in [3.05, 3.63) is 48.6 Å². The average Bonchev–Trinajstić information content (AvgIpc) is 3.13. The third-order valence-electron chi connectivity index (χ3n) is 9.12. The van der Waals surface area contributed by atoms with Gasteiger partial charge in [-0.3, -0.25) is 18.6 Å². The Morgan fingerprint density at radius 1 is 0.582 bits per heavy atom. The number of quaternary nitrogens is 1.